The van der Waals surface area contributed by atoms with Crippen molar-refractivity contribution >= 4 is 23.5 Å². The predicted molar refractivity (Wildman–Crippen MR) is 68.7 cm³/mol. The van der Waals surface area contributed by atoms with Gasteiger partial charge in [0, 0.05) is 5.54 Å². The van der Waals surface area contributed by atoms with Crippen LogP contribution in [-0.2, 0) is 11.6 Å². The molecule has 5 rings (SSSR count). The molecule has 0 atom stereocenters. The fourth-order valence-corrected chi connectivity index (χ4v) is 3.42. The zero-order valence-corrected chi connectivity index (χ0v) is 11.1. The summed E-state index contributed by atoms with van der Waals surface area (Å²) in [4.78, 5) is 4.23. The van der Waals surface area contributed by atoms with E-state index in [0.29, 0.717) is 11.5 Å². The highest BCUT2D eigenvalue weighted by Crippen LogP contribution is 2.66. The standard InChI is InChI=1S/C13H11F3N2O.ClH/c14-13(15,16)7-1-2-9-8(3-7)18-10(19-9)11-4-12(17,5-11)6-11;/h1-3H,4-6,17H2;1H. The van der Waals surface area contributed by atoms with Gasteiger partial charge in [-0.25, -0.2) is 4.98 Å². The molecular formula is C13H12ClF3N2O. The maximum Gasteiger partial charge on any atom is 0.416 e. The van der Waals surface area contributed by atoms with Gasteiger partial charge in [0.1, 0.15) is 5.52 Å². The Balaban J connectivity index is 0.00000121. The molecule has 0 saturated heterocycles. The minimum absolute atomic E-state index is 0. The maximum atomic E-state index is 12.6. The van der Waals surface area contributed by atoms with Crippen LogP contribution in [0.1, 0.15) is 30.7 Å². The minimum atomic E-state index is -4.36. The fraction of sp³-hybridized carbons (Fsp3) is 0.462. The first-order valence-corrected chi connectivity index (χ1v) is 6.07. The summed E-state index contributed by atoms with van der Waals surface area (Å²) >= 11 is 0. The molecule has 20 heavy (non-hydrogen) atoms. The number of nitrogens with zero attached hydrogens (tertiary/aromatic N) is 1. The van der Waals surface area contributed by atoms with E-state index in [4.69, 9.17) is 10.2 Å². The summed E-state index contributed by atoms with van der Waals surface area (Å²) < 4.78 is 43.4. The van der Waals surface area contributed by atoms with E-state index >= 15 is 0 Å². The van der Waals surface area contributed by atoms with E-state index in [2.05, 4.69) is 4.98 Å². The van der Waals surface area contributed by atoms with Gasteiger partial charge < -0.3 is 10.2 Å². The lowest BCUT2D eigenvalue weighted by Crippen LogP contribution is -2.74. The number of rotatable bonds is 1. The monoisotopic (exact) mass is 304 g/mol. The molecule has 0 unspecified atom stereocenters. The first kappa shape index (κ1) is 13.7. The van der Waals surface area contributed by atoms with E-state index in [1.54, 1.807) is 0 Å². The third-order valence-corrected chi connectivity index (χ3v) is 4.24. The normalized spacial score (nSPS) is 31.4. The van der Waals surface area contributed by atoms with Crippen LogP contribution in [0.5, 0.6) is 0 Å². The molecule has 2 bridgehead atoms. The van der Waals surface area contributed by atoms with Crippen molar-refractivity contribution in [3.8, 4) is 0 Å². The second-order valence-corrected chi connectivity index (χ2v) is 5.87. The van der Waals surface area contributed by atoms with Gasteiger partial charge in [-0.3, -0.25) is 0 Å². The summed E-state index contributed by atoms with van der Waals surface area (Å²) in [5, 5.41) is 0. The lowest BCUT2D eigenvalue weighted by molar-refractivity contribution is -0.137. The smallest absolute Gasteiger partial charge is 0.416 e. The number of aromatic nitrogens is 1. The maximum absolute atomic E-state index is 12.6. The van der Waals surface area contributed by atoms with E-state index in [-0.39, 0.29) is 28.9 Å². The molecule has 0 aliphatic heterocycles. The van der Waals surface area contributed by atoms with Crippen LogP contribution < -0.4 is 5.73 Å². The van der Waals surface area contributed by atoms with Crippen molar-refractivity contribution in [2.24, 2.45) is 5.73 Å². The highest BCUT2D eigenvalue weighted by molar-refractivity contribution is 5.85. The average molecular weight is 305 g/mol. The summed E-state index contributed by atoms with van der Waals surface area (Å²) in [5.41, 5.74) is 5.73. The molecule has 1 aromatic carbocycles. The number of halogens is 4. The highest BCUT2D eigenvalue weighted by atomic mass is 35.5. The molecule has 3 fully saturated rings. The van der Waals surface area contributed by atoms with Crippen LogP contribution in [0.2, 0.25) is 0 Å². The largest absolute Gasteiger partial charge is 0.440 e. The molecule has 0 spiro atoms. The van der Waals surface area contributed by atoms with Gasteiger partial charge in [0.2, 0.25) is 5.89 Å². The van der Waals surface area contributed by atoms with Gasteiger partial charge in [-0.1, -0.05) is 0 Å². The third-order valence-electron chi connectivity index (χ3n) is 4.24. The summed E-state index contributed by atoms with van der Waals surface area (Å²) in [6, 6.07) is 3.38. The molecular weight excluding hydrogens is 293 g/mol. The second-order valence-electron chi connectivity index (χ2n) is 5.87. The van der Waals surface area contributed by atoms with Crippen LogP contribution in [0.25, 0.3) is 11.1 Å². The second kappa shape index (κ2) is 3.68. The summed E-state index contributed by atoms with van der Waals surface area (Å²) in [5.74, 6) is 0.536. The topological polar surface area (TPSA) is 52.0 Å². The first-order chi connectivity index (χ1) is 8.80. The predicted octanol–water partition coefficient (Wildman–Crippen LogP) is 3.40. The van der Waals surface area contributed by atoms with Crippen LogP contribution in [-0.4, -0.2) is 10.5 Å². The zero-order valence-electron chi connectivity index (χ0n) is 10.3. The van der Waals surface area contributed by atoms with Gasteiger partial charge in [-0.05, 0) is 37.5 Å². The van der Waals surface area contributed by atoms with E-state index < -0.39 is 11.7 Å². The van der Waals surface area contributed by atoms with Gasteiger partial charge in [0.05, 0.1) is 11.0 Å². The van der Waals surface area contributed by atoms with Crippen LogP contribution in [0.15, 0.2) is 22.6 Å². The molecule has 7 heteroatoms. The molecule has 3 saturated carbocycles. The zero-order chi connectivity index (χ0) is 13.5. The number of alkyl halides is 3. The number of fused-ring (bicyclic) bond motifs is 1. The average Bonchev–Trinajstić information content (AvgIpc) is 2.64. The summed E-state index contributed by atoms with van der Waals surface area (Å²) in [6.07, 6.45) is -1.90. The lowest BCUT2D eigenvalue weighted by atomic mass is 9.40. The van der Waals surface area contributed by atoms with Gasteiger partial charge in [-0.15, -0.1) is 12.4 Å². The number of oxazole rings is 1. The Morgan fingerprint density at radius 3 is 2.40 bits per heavy atom. The van der Waals surface area contributed by atoms with Crippen molar-refractivity contribution in [1.29, 1.82) is 0 Å². The number of hydrogen-bond donors (Lipinski definition) is 1. The molecule has 3 nitrogen and oxygen atoms in total. The SMILES string of the molecule is Cl.NC12CC(c3nc4cc(C(F)(F)F)ccc4o3)(C1)C2. The Kier molecular flexibility index (Phi) is 2.52. The Hall–Kier alpha value is -1.27. The van der Waals surface area contributed by atoms with Crippen molar-refractivity contribution in [2.75, 3.05) is 0 Å². The van der Waals surface area contributed by atoms with Gasteiger partial charge in [0.15, 0.2) is 5.58 Å². The highest BCUT2D eigenvalue weighted by Gasteiger charge is 2.69. The van der Waals surface area contributed by atoms with E-state index in [1.807, 2.05) is 0 Å². The molecule has 2 aromatic rings. The molecule has 108 valence electrons. The lowest BCUT2D eigenvalue weighted by Gasteiger charge is -2.67. The quantitative estimate of drug-likeness (QED) is 0.878. The Morgan fingerprint density at radius 2 is 1.85 bits per heavy atom. The van der Waals surface area contributed by atoms with E-state index in [9.17, 15) is 13.2 Å². The Bertz CT molecular complexity index is 675. The molecule has 2 N–H and O–H groups in total. The molecule has 0 radical (unpaired) electrons. The Morgan fingerprint density at radius 1 is 1.20 bits per heavy atom. The van der Waals surface area contributed by atoms with Gasteiger partial charge in [0.25, 0.3) is 0 Å². The van der Waals surface area contributed by atoms with Crippen molar-refractivity contribution in [3.63, 3.8) is 0 Å². The van der Waals surface area contributed by atoms with Crippen LogP contribution in [0.3, 0.4) is 0 Å². The first-order valence-electron chi connectivity index (χ1n) is 6.07. The third kappa shape index (κ3) is 1.67. The molecule has 1 heterocycles. The van der Waals surface area contributed by atoms with E-state index in [0.717, 1.165) is 31.4 Å². The fourth-order valence-electron chi connectivity index (χ4n) is 3.42. The van der Waals surface area contributed by atoms with Crippen molar-refractivity contribution in [2.45, 2.75) is 36.4 Å². The number of benzene rings is 1. The number of hydrogen-bond acceptors (Lipinski definition) is 3. The Labute approximate surface area is 118 Å². The van der Waals surface area contributed by atoms with Crippen molar-refractivity contribution < 1.29 is 17.6 Å². The van der Waals surface area contributed by atoms with Gasteiger partial charge in [-0.2, -0.15) is 13.2 Å². The molecule has 3 aliphatic rings. The molecule has 0 amide bonds. The molecule has 3 aliphatic carbocycles. The summed E-state index contributed by atoms with van der Waals surface area (Å²) in [6.45, 7) is 0. The molecule has 1 aromatic heterocycles. The van der Waals surface area contributed by atoms with Crippen LogP contribution in [0, 0.1) is 0 Å². The van der Waals surface area contributed by atoms with E-state index in [1.165, 1.54) is 6.07 Å². The van der Waals surface area contributed by atoms with Crippen LogP contribution >= 0.6 is 12.4 Å². The van der Waals surface area contributed by atoms with Crippen molar-refractivity contribution in [1.82, 2.24) is 4.98 Å². The van der Waals surface area contributed by atoms with Gasteiger partial charge >= 0.3 is 6.18 Å². The summed E-state index contributed by atoms with van der Waals surface area (Å²) in [7, 11) is 0. The van der Waals surface area contributed by atoms with Crippen molar-refractivity contribution in [3.05, 3.63) is 29.7 Å². The minimum Gasteiger partial charge on any atom is -0.440 e. The number of nitrogens with two attached hydrogens (primary N) is 1. The van der Waals surface area contributed by atoms with Crippen LogP contribution in [0.4, 0.5) is 13.2 Å².